The number of nitrogen functional groups attached to an aromatic ring is 1. The standard InChI is InChI=1S/C14H19N3/c1-9-3-6-13(10(9)2)17-14-7-11(8-15)4-5-12(14)16/h4-5,7,9-10,13,17H,3,6,16H2,1-2H3. The lowest BCUT2D eigenvalue weighted by atomic mass is 9.97. The van der Waals surface area contributed by atoms with Crippen LogP contribution in [-0.2, 0) is 0 Å². The van der Waals surface area contributed by atoms with Crippen LogP contribution in [0.2, 0.25) is 0 Å². The maximum atomic E-state index is 8.89. The maximum Gasteiger partial charge on any atom is 0.0992 e. The number of benzene rings is 1. The summed E-state index contributed by atoms with van der Waals surface area (Å²) >= 11 is 0. The minimum absolute atomic E-state index is 0.473. The lowest BCUT2D eigenvalue weighted by Crippen LogP contribution is -2.24. The Bertz CT molecular complexity index is 447. The number of hydrogen-bond acceptors (Lipinski definition) is 3. The first-order valence-corrected chi connectivity index (χ1v) is 6.18. The molecule has 1 aliphatic carbocycles. The molecule has 1 aromatic rings. The van der Waals surface area contributed by atoms with Gasteiger partial charge in [0, 0.05) is 6.04 Å². The zero-order valence-corrected chi connectivity index (χ0v) is 10.4. The molecule has 1 aliphatic rings. The van der Waals surface area contributed by atoms with Gasteiger partial charge in [0.25, 0.3) is 0 Å². The number of nitrogens with one attached hydrogen (secondary N) is 1. The van der Waals surface area contributed by atoms with Crippen molar-refractivity contribution in [2.24, 2.45) is 11.8 Å². The molecule has 1 saturated carbocycles. The van der Waals surface area contributed by atoms with Gasteiger partial charge >= 0.3 is 0 Å². The fourth-order valence-electron chi connectivity index (χ4n) is 2.52. The van der Waals surface area contributed by atoms with E-state index >= 15 is 0 Å². The van der Waals surface area contributed by atoms with Crippen LogP contribution in [0.3, 0.4) is 0 Å². The monoisotopic (exact) mass is 229 g/mol. The summed E-state index contributed by atoms with van der Waals surface area (Å²) in [5.41, 5.74) is 8.20. The molecule has 3 unspecified atom stereocenters. The Morgan fingerprint density at radius 3 is 2.71 bits per heavy atom. The van der Waals surface area contributed by atoms with E-state index < -0.39 is 0 Å². The molecular formula is C14H19N3. The highest BCUT2D eigenvalue weighted by molar-refractivity contribution is 5.68. The third kappa shape index (κ3) is 2.36. The van der Waals surface area contributed by atoms with Gasteiger partial charge in [-0.2, -0.15) is 5.26 Å². The van der Waals surface area contributed by atoms with Gasteiger partial charge in [0.15, 0.2) is 0 Å². The minimum atomic E-state index is 0.473. The molecule has 0 radical (unpaired) electrons. The van der Waals surface area contributed by atoms with E-state index in [0.29, 0.717) is 17.5 Å². The van der Waals surface area contributed by atoms with Crippen molar-refractivity contribution in [2.75, 3.05) is 11.1 Å². The van der Waals surface area contributed by atoms with Crippen LogP contribution in [0.5, 0.6) is 0 Å². The molecule has 0 heterocycles. The molecule has 3 nitrogen and oxygen atoms in total. The van der Waals surface area contributed by atoms with Crippen molar-refractivity contribution in [3.63, 3.8) is 0 Å². The molecule has 0 bridgehead atoms. The lowest BCUT2D eigenvalue weighted by Gasteiger charge is -2.21. The van der Waals surface area contributed by atoms with E-state index in [9.17, 15) is 0 Å². The van der Waals surface area contributed by atoms with Crippen LogP contribution >= 0.6 is 0 Å². The van der Waals surface area contributed by atoms with Crippen molar-refractivity contribution >= 4 is 11.4 Å². The van der Waals surface area contributed by atoms with Gasteiger partial charge in [0.05, 0.1) is 23.0 Å². The normalized spacial score (nSPS) is 27.7. The van der Waals surface area contributed by atoms with Crippen molar-refractivity contribution < 1.29 is 0 Å². The van der Waals surface area contributed by atoms with Gasteiger partial charge in [0.2, 0.25) is 0 Å². The molecule has 3 heteroatoms. The van der Waals surface area contributed by atoms with E-state index in [-0.39, 0.29) is 0 Å². The van der Waals surface area contributed by atoms with E-state index in [4.69, 9.17) is 11.0 Å². The number of hydrogen-bond donors (Lipinski definition) is 2. The second-order valence-electron chi connectivity index (χ2n) is 5.08. The molecule has 0 aliphatic heterocycles. The Morgan fingerprint density at radius 1 is 1.35 bits per heavy atom. The fraction of sp³-hybridized carbons (Fsp3) is 0.500. The second-order valence-corrected chi connectivity index (χ2v) is 5.08. The van der Waals surface area contributed by atoms with E-state index in [1.807, 2.05) is 6.07 Å². The van der Waals surface area contributed by atoms with Crippen molar-refractivity contribution in [1.29, 1.82) is 5.26 Å². The van der Waals surface area contributed by atoms with E-state index in [1.165, 1.54) is 12.8 Å². The molecule has 90 valence electrons. The Morgan fingerprint density at radius 2 is 2.12 bits per heavy atom. The quantitative estimate of drug-likeness (QED) is 0.766. The molecule has 1 aromatic carbocycles. The van der Waals surface area contributed by atoms with Gasteiger partial charge in [0.1, 0.15) is 0 Å². The highest BCUT2D eigenvalue weighted by atomic mass is 14.9. The van der Waals surface area contributed by atoms with Gasteiger partial charge in [-0.1, -0.05) is 13.8 Å². The Kier molecular flexibility index (Phi) is 3.23. The van der Waals surface area contributed by atoms with Crippen LogP contribution < -0.4 is 11.1 Å². The van der Waals surface area contributed by atoms with Gasteiger partial charge in [-0.15, -0.1) is 0 Å². The largest absolute Gasteiger partial charge is 0.397 e. The Labute approximate surface area is 103 Å². The van der Waals surface area contributed by atoms with Crippen LogP contribution in [0.1, 0.15) is 32.3 Å². The zero-order chi connectivity index (χ0) is 12.4. The summed E-state index contributed by atoms with van der Waals surface area (Å²) in [6.45, 7) is 4.57. The van der Waals surface area contributed by atoms with Crippen LogP contribution in [-0.4, -0.2) is 6.04 Å². The van der Waals surface area contributed by atoms with E-state index in [2.05, 4.69) is 25.2 Å². The van der Waals surface area contributed by atoms with Crippen molar-refractivity contribution in [1.82, 2.24) is 0 Å². The Hall–Kier alpha value is -1.69. The summed E-state index contributed by atoms with van der Waals surface area (Å²) in [6, 6.07) is 8.00. The first-order chi connectivity index (χ1) is 8.11. The summed E-state index contributed by atoms with van der Waals surface area (Å²) in [6.07, 6.45) is 2.44. The summed E-state index contributed by atoms with van der Waals surface area (Å²) in [4.78, 5) is 0. The summed E-state index contributed by atoms with van der Waals surface area (Å²) in [7, 11) is 0. The molecule has 0 saturated heterocycles. The molecule has 3 N–H and O–H groups in total. The van der Waals surface area contributed by atoms with E-state index in [1.54, 1.807) is 12.1 Å². The second kappa shape index (κ2) is 4.67. The minimum Gasteiger partial charge on any atom is -0.397 e. The third-order valence-corrected chi connectivity index (χ3v) is 3.99. The van der Waals surface area contributed by atoms with Crippen LogP contribution in [0, 0.1) is 23.2 Å². The molecule has 0 spiro atoms. The first-order valence-electron chi connectivity index (χ1n) is 6.18. The van der Waals surface area contributed by atoms with Crippen molar-refractivity contribution in [3.05, 3.63) is 23.8 Å². The van der Waals surface area contributed by atoms with Crippen LogP contribution in [0.4, 0.5) is 11.4 Å². The average Bonchev–Trinajstić information content (AvgIpc) is 2.64. The van der Waals surface area contributed by atoms with Crippen LogP contribution in [0.25, 0.3) is 0 Å². The van der Waals surface area contributed by atoms with Crippen LogP contribution in [0.15, 0.2) is 18.2 Å². The van der Waals surface area contributed by atoms with Gasteiger partial charge in [-0.05, 0) is 42.9 Å². The first kappa shape index (κ1) is 11.8. The summed E-state index contributed by atoms with van der Waals surface area (Å²) in [5.74, 6) is 1.41. The molecule has 2 rings (SSSR count). The number of nitrogens with zero attached hydrogens (tertiary/aromatic N) is 1. The smallest absolute Gasteiger partial charge is 0.0992 e. The summed E-state index contributed by atoms with van der Waals surface area (Å²) < 4.78 is 0. The maximum absolute atomic E-state index is 8.89. The van der Waals surface area contributed by atoms with Crippen molar-refractivity contribution in [3.8, 4) is 6.07 Å². The summed E-state index contributed by atoms with van der Waals surface area (Å²) in [5, 5.41) is 12.4. The molecule has 0 amide bonds. The van der Waals surface area contributed by atoms with E-state index in [0.717, 1.165) is 17.3 Å². The highest BCUT2D eigenvalue weighted by Gasteiger charge is 2.29. The predicted octanol–water partition coefficient (Wildman–Crippen LogP) is 2.99. The molecule has 3 atom stereocenters. The molecule has 17 heavy (non-hydrogen) atoms. The van der Waals surface area contributed by atoms with Gasteiger partial charge < -0.3 is 11.1 Å². The topological polar surface area (TPSA) is 61.8 Å². The van der Waals surface area contributed by atoms with Crippen molar-refractivity contribution in [2.45, 2.75) is 32.7 Å². The number of nitrogens with two attached hydrogens (primary N) is 1. The number of rotatable bonds is 2. The van der Waals surface area contributed by atoms with Gasteiger partial charge in [-0.3, -0.25) is 0 Å². The SMILES string of the molecule is CC1CCC(Nc2cc(C#N)ccc2N)C1C. The predicted molar refractivity (Wildman–Crippen MR) is 70.5 cm³/mol. The zero-order valence-electron chi connectivity index (χ0n) is 10.4. The Balaban J connectivity index is 2.16. The lowest BCUT2D eigenvalue weighted by molar-refractivity contribution is 0.435. The van der Waals surface area contributed by atoms with Gasteiger partial charge in [-0.25, -0.2) is 0 Å². The fourth-order valence-corrected chi connectivity index (χ4v) is 2.52. The molecular weight excluding hydrogens is 210 g/mol. The third-order valence-electron chi connectivity index (χ3n) is 3.99. The number of anilines is 2. The average molecular weight is 229 g/mol. The molecule has 1 fully saturated rings. The molecule has 0 aromatic heterocycles. The highest BCUT2D eigenvalue weighted by Crippen LogP contribution is 2.34. The number of nitriles is 1.